The summed E-state index contributed by atoms with van der Waals surface area (Å²) in [6.07, 6.45) is 0. The zero-order chi connectivity index (χ0) is 12.7. The van der Waals surface area contributed by atoms with Gasteiger partial charge in [0.05, 0.1) is 19.8 Å². The summed E-state index contributed by atoms with van der Waals surface area (Å²) in [5, 5.41) is 8.17. The summed E-state index contributed by atoms with van der Waals surface area (Å²) in [5.74, 6) is 2.16. The van der Waals surface area contributed by atoms with E-state index in [4.69, 9.17) is 15.2 Å². The topological polar surface area (TPSA) is 75.2 Å². The Labute approximate surface area is 102 Å². The van der Waals surface area contributed by atoms with Crippen LogP contribution in [0.3, 0.4) is 0 Å². The number of hydrogen-bond donors (Lipinski definition) is 1. The maximum absolute atomic E-state index is 5.63. The largest absolute Gasteiger partial charge is 0.382 e. The van der Waals surface area contributed by atoms with Crippen LogP contribution in [0.15, 0.2) is 0 Å². The van der Waals surface area contributed by atoms with Crippen molar-refractivity contribution >= 4 is 0 Å². The van der Waals surface area contributed by atoms with Crippen LogP contribution >= 0.6 is 0 Å². The first-order valence-electron chi connectivity index (χ1n) is 5.86. The average molecular weight is 242 g/mol. The number of hydrogen-bond acceptors (Lipinski definition) is 5. The molecule has 0 unspecified atom stereocenters. The van der Waals surface area contributed by atoms with Crippen LogP contribution in [-0.2, 0) is 29.2 Å². The fourth-order valence-corrected chi connectivity index (χ4v) is 1.51. The molecule has 1 aromatic heterocycles. The first kappa shape index (κ1) is 14.1. The van der Waals surface area contributed by atoms with Gasteiger partial charge in [-0.05, 0) is 5.92 Å². The summed E-state index contributed by atoms with van der Waals surface area (Å²) in [4.78, 5) is 0. The summed E-state index contributed by atoms with van der Waals surface area (Å²) >= 11 is 0. The maximum Gasteiger partial charge on any atom is 0.159 e. The third-order valence-electron chi connectivity index (χ3n) is 2.30. The van der Waals surface area contributed by atoms with Gasteiger partial charge in [0, 0.05) is 13.7 Å². The van der Waals surface area contributed by atoms with Gasteiger partial charge in [0.2, 0.25) is 0 Å². The third-order valence-corrected chi connectivity index (χ3v) is 2.30. The predicted octanol–water partition coefficient (Wildman–Crippen LogP) is 0.556. The highest BCUT2D eigenvalue weighted by Crippen LogP contribution is 2.07. The zero-order valence-electron chi connectivity index (χ0n) is 10.8. The van der Waals surface area contributed by atoms with Gasteiger partial charge in [-0.1, -0.05) is 13.8 Å². The molecule has 1 aromatic rings. The molecule has 6 heteroatoms. The van der Waals surface area contributed by atoms with Crippen molar-refractivity contribution in [3.63, 3.8) is 0 Å². The van der Waals surface area contributed by atoms with Crippen molar-refractivity contribution < 1.29 is 9.47 Å². The summed E-state index contributed by atoms with van der Waals surface area (Å²) in [7, 11) is 1.65. The van der Waals surface area contributed by atoms with Crippen molar-refractivity contribution in [1.82, 2.24) is 14.8 Å². The molecular formula is C11H22N4O2. The van der Waals surface area contributed by atoms with Gasteiger partial charge in [-0.2, -0.15) is 0 Å². The Morgan fingerprint density at radius 2 is 1.94 bits per heavy atom. The van der Waals surface area contributed by atoms with E-state index in [9.17, 15) is 0 Å². The molecule has 1 heterocycles. The first-order chi connectivity index (χ1) is 8.19. The van der Waals surface area contributed by atoms with Gasteiger partial charge in [-0.3, -0.25) is 0 Å². The van der Waals surface area contributed by atoms with E-state index in [2.05, 4.69) is 24.0 Å². The molecule has 0 aromatic carbocycles. The fourth-order valence-electron chi connectivity index (χ4n) is 1.51. The van der Waals surface area contributed by atoms with Gasteiger partial charge < -0.3 is 19.8 Å². The van der Waals surface area contributed by atoms with Gasteiger partial charge >= 0.3 is 0 Å². The Kier molecular flexibility index (Phi) is 6.10. The van der Waals surface area contributed by atoms with Crippen molar-refractivity contribution in [3.8, 4) is 0 Å². The lowest BCUT2D eigenvalue weighted by atomic mass is 10.2. The fraction of sp³-hybridized carbons (Fsp3) is 0.818. The van der Waals surface area contributed by atoms with Gasteiger partial charge in [-0.15, -0.1) is 10.2 Å². The van der Waals surface area contributed by atoms with Crippen molar-refractivity contribution in [3.05, 3.63) is 11.6 Å². The van der Waals surface area contributed by atoms with E-state index < -0.39 is 0 Å². The quantitative estimate of drug-likeness (QED) is 0.674. The Bertz CT molecular complexity index is 325. The molecule has 0 aliphatic carbocycles. The smallest absolute Gasteiger partial charge is 0.159 e. The van der Waals surface area contributed by atoms with Crippen molar-refractivity contribution in [1.29, 1.82) is 0 Å². The molecule has 0 atom stereocenters. The molecule has 0 aliphatic rings. The first-order valence-corrected chi connectivity index (χ1v) is 5.86. The summed E-state index contributed by atoms with van der Waals surface area (Å²) in [6, 6.07) is 0. The van der Waals surface area contributed by atoms with E-state index in [0.29, 0.717) is 32.3 Å². The minimum absolute atomic E-state index is 0.401. The Balaban J connectivity index is 2.60. The van der Waals surface area contributed by atoms with Gasteiger partial charge in [0.25, 0.3) is 0 Å². The van der Waals surface area contributed by atoms with Crippen LogP contribution in [0.5, 0.6) is 0 Å². The van der Waals surface area contributed by atoms with E-state index in [-0.39, 0.29) is 0 Å². The van der Waals surface area contributed by atoms with E-state index >= 15 is 0 Å². The second-order valence-corrected chi connectivity index (χ2v) is 4.29. The molecule has 0 amide bonds. The Morgan fingerprint density at radius 1 is 1.24 bits per heavy atom. The third kappa shape index (κ3) is 4.41. The molecule has 0 aliphatic heterocycles. The number of rotatable bonds is 8. The highest BCUT2D eigenvalue weighted by molar-refractivity contribution is 4.94. The van der Waals surface area contributed by atoms with Crippen LogP contribution in [0.4, 0.5) is 0 Å². The summed E-state index contributed by atoms with van der Waals surface area (Å²) < 4.78 is 12.4. The summed E-state index contributed by atoms with van der Waals surface area (Å²) in [6.45, 7) is 7.15. The van der Waals surface area contributed by atoms with Crippen molar-refractivity contribution in [2.45, 2.75) is 33.5 Å². The number of nitrogens with two attached hydrogens (primary N) is 1. The lowest BCUT2D eigenvalue weighted by molar-refractivity contribution is 0.0569. The minimum Gasteiger partial charge on any atom is -0.382 e. The van der Waals surface area contributed by atoms with Crippen LogP contribution in [0, 0.1) is 5.92 Å². The molecule has 17 heavy (non-hydrogen) atoms. The van der Waals surface area contributed by atoms with Crippen molar-refractivity contribution in [2.24, 2.45) is 11.7 Å². The molecule has 0 fully saturated rings. The lowest BCUT2D eigenvalue weighted by Gasteiger charge is -2.12. The monoisotopic (exact) mass is 242 g/mol. The molecule has 0 radical (unpaired) electrons. The molecule has 0 saturated carbocycles. The molecule has 98 valence electrons. The average Bonchev–Trinajstić information content (AvgIpc) is 2.66. The molecule has 6 nitrogen and oxygen atoms in total. The molecule has 2 N–H and O–H groups in total. The number of ether oxygens (including phenoxy) is 2. The Hall–Kier alpha value is -0.980. The van der Waals surface area contributed by atoms with Crippen LogP contribution in [0.25, 0.3) is 0 Å². The van der Waals surface area contributed by atoms with Crippen molar-refractivity contribution in [2.75, 3.05) is 20.3 Å². The van der Waals surface area contributed by atoms with E-state index in [1.165, 1.54) is 0 Å². The second-order valence-electron chi connectivity index (χ2n) is 4.29. The van der Waals surface area contributed by atoms with E-state index in [0.717, 1.165) is 18.2 Å². The zero-order valence-corrected chi connectivity index (χ0v) is 10.8. The van der Waals surface area contributed by atoms with Crippen LogP contribution in [0.1, 0.15) is 25.5 Å². The highest BCUT2D eigenvalue weighted by Gasteiger charge is 2.11. The predicted molar refractivity (Wildman–Crippen MR) is 64.3 cm³/mol. The number of methoxy groups -OCH3 is 1. The van der Waals surface area contributed by atoms with Crippen LogP contribution in [0.2, 0.25) is 0 Å². The molecule has 1 rings (SSSR count). The second kappa shape index (κ2) is 7.37. The number of nitrogens with zero attached hydrogens (tertiary/aromatic N) is 3. The molecule has 0 spiro atoms. The Morgan fingerprint density at radius 3 is 2.53 bits per heavy atom. The maximum atomic E-state index is 5.63. The highest BCUT2D eigenvalue weighted by atomic mass is 16.5. The lowest BCUT2D eigenvalue weighted by Crippen LogP contribution is -2.15. The van der Waals surface area contributed by atoms with E-state index in [1.807, 2.05) is 4.57 Å². The standard InChI is InChI=1S/C11H22N4O2/c1-9(2)7-15-10(6-12)13-14-11(15)8-17-5-4-16-3/h9H,4-8,12H2,1-3H3. The van der Waals surface area contributed by atoms with E-state index in [1.54, 1.807) is 7.11 Å². The number of aromatic nitrogens is 3. The molecule has 0 bridgehead atoms. The molecular weight excluding hydrogens is 220 g/mol. The van der Waals surface area contributed by atoms with Gasteiger partial charge in [-0.25, -0.2) is 0 Å². The van der Waals surface area contributed by atoms with Crippen LogP contribution in [-0.4, -0.2) is 35.1 Å². The summed E-state index contributed by atoms with van der Waals surface area (Å²) in [5.41, 5.74) is 5.63. The SMILES string of the molecule is COCCOCc1nnc(CN)n1CC(C)C. The molecule has 0 saturated heterocycles. The van der Waals surface area contributed by atoms with Crippen LogP contribution < -0.4 is 5.73 Å². The minimum atomic E-state index is 0.401. The van der Waals surface area contributed by atoms with Gasteiger partial charge in [0.1, 0.15) is 12.4 Å². The van der Waals surface area contributed by atoms with Gasteiger partial charge in [0.15, 0.2) is 5.82 Å². The normalized spacial score (nSPS) is 11.4.